The maximum Gasteiger partial charge on any atom is 0.300 e. The summed E-state index contributed by atoms with van der Waals surface area (Å²) in [7, 11) is 3.90. The van der Waals surface area contributed by atoms with Crippen LogP contribution in [0.25, 0.3) is 5.76 Å². The molecule has 5 rings (SSSR count). The zero-order valence-electron chi connectivity index (χ0n) is 20.3. The molecule has 0 bridgehead atoms. The highest BCUT2D eigenvalue weighted by molar-refractivity contribution is 6.51. The third-order valence-corrected chi connectivity index (χ3v) is 6.62. The van der Waals surface area contributed by atoms with Gasteiger partial charge in [-0.2, -0.15) is 0 Å². The predicted molar refractivity (Wildman–Crippen MR) is 137 cm³/mol. The summed E-state index contributed by atoms with van der Waals surface area (Å²) in [5.41, 5.74) is 4.88. The number of aliphatic hydroxyl groups is 1. The molecule has 1 saturated heterocycles. The first-order valence-electron chi connectivity index (χ1n) is 11.7. The van der Waals surface area contributed by atoms with Gasteiger partial charge in [0.25, 0.3) is 11.7 Å². The average Bonchev–Trinajstić information content (AvgIpc) is 3.34. The van der Waals surface area contributed by atoms with Crippen LogP contribution in [0, 0.1) is 6.92 Å². The van der Waals surface area contributed by atoms with Gasteiger partial charge in [-0.1, -0.05) is 24.3 Å². The van der Waals surface area contributed by atoms with Gasteiger partial charge in [0.15, 0.2) is 0 Å². The molecule has 1 N–H and O–H groups in total. The number of carbonyl (C=O) groups excluding carboxylic acids is 2. The van der Waals surface area contributed by atoms with Crippen LogP contribution >= 0.6 is 0 Å². The number of benzene rings is 3. The van der Waals surface area contributed by atoms with Gasteiger partial charge in [-0.3, -0.25) is 14.5 Å². The van der Waals surface area contributed by atoms with Crippen molar-refractivity contribution in [1.29, 1.82) is 0 Å². The Morgan fingerprint density at radius 1 is 1.03 bits per heavy atom. The Morgan fingerprint density at radius 3 is 2.46 bits per heavy atom. The molecule has 1 amide bonds. The SMILES string of the molecule is Cc1cccc(N2C(=O)C(=O)/C(=C(\O)c3ccc4c(c3)CC(C)O4)C2c2ccc(N(C)C)cc2)c1. The Labute approximate surface area is 205 Å². The standard InChI is InChI=1S/C29H28N2O4/c1-17-6-5-7-23(14-17)31-26(19-8-11-22(12-9-19)30(3)4)25(28(33)29(31)34)27(32)20-10-13-24-21(16-20)15-18(2)35-24/h5-14,16,18,26,32H,15H2,1-4H3/b27-25-. The number of amides is 1. The average molecular weight is 469 g/mol. The van der Waals surface area contributed by atoms with E-state index >= 15 is 0 Å². The van der Waals surface area contributed by atoms with Crippen molar-refractivity contribution in [1.82, 2.24) is 0 Å². The van der Waals surface area contributed by atoms with E-state index in [0.29, 0.717) is 11.3 Å². The maximum atomic E-state index is 13.4. The molecule has 1 fully saturated rings. The molecule has 35 heavy (non-hydrogen) atoms. The molecule has 2 unspecified atom stereocenters. The Morgan fingerprint density at radius 2 is 1.77 bits per heavy atom. The second-order valence-electron chi connectivity index (χ2n) is 9.45. The number of hydrogen-bond donors (Lipinski definition) is 1. The molecule has 0 spiro atoms. The molecule has 2 aliphatic heterocycles. The van der Waals surface area contributed by atoms with E-state index in [1.165, 1.54) is 4.90 Å². The monoisotopic (exact) mass is 468 g/mol. The first-order chi connectivity index (χ1) is 16.7. The lowest BCUT2D eigenvalue weighted by Gasteiger charge is -2.26. The van der Waals surface area contributed by atoms with Gasteiger partial charge < -0.3 is 14.7 Å². The molecule has 3 aromatic carbocycles. The Hall–Kier alpha value is -4.06. The molecule has 6 heteroatoms. The van der Waals surface area contributed by atoms with Crippen molar-refractivity contribution in [3.05, 3.63) is 94.6 Å². The third-order valence-electron chi connectivity index (χ3n) is 6.62. The number of aliphatic hydroxyl groups excluding tert-OH is 1. The van der Waals surface area contributed by atoms with Crippen molar-refractivity contribution >= 4 is 28.8 Å². The van der Waals surface area contributed by atoms with Gasteiger partial charge in [0.1, 0.15) is 17.6 Å². The van der Waals surface area contributed by atoms with Gasteiger partial charge in [0, 0.05) is 37.5 Å². The number of hydrogen-bond acceptors (Lipinski definition) is 5. The van der Waals surface area contributed by atoms with E-state index in [1.807, 2.05) is 93.5 Å². The molecule has 0 radical (unpaired) electrons. The predicted octanol–water partition coefficient (Wildman–Crippen LogP) is 5.01. The summed E-state index contributed by atoms with van der Waals surface area (Å²) in [4.78, 5) is 30.2. The van der Waals surface area contributed by atoms with E-state index < -0.39 is 17.7 Å². The lowest BCUT2D eigenvalue weighted by atomic mass is 9.94. The third kappa shape index (κ3) is 3.95. The number of ketones is 1. The van der Waals surface area contributed by atoms with E-state index in [2.05, 4.69) is 0 Å². The van der Waals surface area contributed by atoms with Crippen molar-refractivity contribution in [2.75, 3.05) is 23.9 Å². The Bertz CT molecular complexity index is 1360. The highest BCUT2D eigenvalue weighted by Crippen LogP contribution is 2.43. The lowest BCUT2D eigenvalue weighted by Crippen LogP contribution is -2.29. The van der Waals surface area contributed by atoms with Gasteiger partial charge in [-0.05, 0) is 73.0 Å². The van der Waals surface area contributed by atoms with Crippen LogP contribution < -0.4 is 14.5 Å². The van der Waals surface area contributed by atoms with Crippen LogP contribution in [-0.2, 0) is 16.0 Å². The van der Waals surface area contributed by atoms with Crippen LogP contribution in [0.2, 0.25) is 0 Å². The van der Waals surface area contributed by atoms with Crippen LogP contribution in [0.3, 0.4) is 0 Å². The maximum absolute atomic E-state index is 13.4. The summed E-state index contributed by atoms with van der Waals surface area (Å²) >= 11 is 0. The van der Waals surface area contributed by atoms with E-state index in [-0.39, 0.29) is 17.4 Å². The zero-order chi connectivity index (χ0) is 24.9. The number of fused-ring (bicyclic) bond motifs is 1. The minimum Gasteiger partial charge on any atom is -0.507 e. The second-order valence-corrected chi connectivity index (χ2v) is 9.45. The number of Topliss-reactive ketones (excluding diaryl/α,β-unsaturated/α-hetero) is 1. The minimum absolute atomic E-state index is 0.0597. The van der Waals surface area contributed by atoms with E-state index in [4.69, 9.17) is 4.74 Å². The first-order valence-corrected chi connectivity index (χ1v) is 11.7. The molecular formula is C29H28N2O4. The quantitative estimate of drug-likeness (QED) is 0.331. The largest absolute Gasteiger partial charge is 0.507 e. The van der Waals surface area contributed by atoms with Crippen LogP contribution in [0.4, 0.5) is 11.4 Å². The molecular weight excluding hydrogens is 440 g/mol. The van der Waals surface area contributed by atoms with Crippen LogP contribution in [0.5, 0.6) is 5.75 Å². The zero-order valence-corrected chi connectivity index (χ0v) is 20.3. The van der Waals surface area contributed by atoms with Gasteiger partial charge in [0.2, 0.25) is 0 Å². The summed E-state index contributed by atoms with van der Waals surface area (Å²) in [5.74, 6) is -0.750. The molecule has 6 nitrogen and oxygen atoms in total. The van der Waals surface area contributed by atoms with Gasteiger partial charge >= 0.3 is 0 Å². The molecule has 0 saturated carbocycles. The Balaban J connectivity index is 1.68. The van der Waals surface area contributed by atoms with Crippen LogP contribution in [0.15, 0.2) is 72.3 Å². The van der Waals surface area contributed by atoms with Crippen molar-refractivity contribution in [3.63, 3.8) is 0 Å². The number of anilines is 2. The Kier molecular flexibility index (Phi) is 5.59. The minimum atomic E-state index is -0.753. The molecule has 178 valence electrons. The van der Waals surface area contributed by atoms with Gasteiger partial charge in [-0.25, -0.2) is 0 Å². The van der Waals surface area contributed by atoms with Crippen molar-refractivity contribution in [2.45, 2.75) is 32.4 Å². The smallest absolute Gasteiger partial charge is 0.300 e. The van der Waals surface area contributed by atoms with E-state index in [9.17, 15) is 14.7 Å². The summed E-state index contributed by atoms with van der Waals surface area (Å²) in [6.07, 6.45) is 0.785. The number of aryl methyl sites for hydroxylation is 1. The molecule has 0 aliphatic carbocycles. The number of rotatable bonds is 4. The number of carbonyl (C=O) groups is 2. The van der Waals surface area contributed by atoms with Gasteiger partial charge in [-0.15, -0.1) is 0 Å². The summed E-state index contributed by atoms with van der Waals surface area (Å²) in [5, 5.41) is 11.4. The molecule has 2 heterocycles. The van der Waals surface area contributed by atoms with Crippen molar-refractivity contribution < 1.29 is 19.4 Å². The van der Waals surface area contributed by atoms with Crippen molar-refractivity contribution in [2.24, 2.45) is 0 Å². The topological polar surface area (TPSA) is 70.1 Å². The highest BCUT2D eigenvalue weighted by Gasteiger charge is 2.47. The lowest BCUT2D eigenvalue weighted by molar-refractivity contribution is -0.132. The highest BCUT2D eigenvalue weighted by atomic mass is 16.5. The molecule has 2 aliphatic rings. The second kappa shape index (κ2) is 8.62. The molecule has 2 atom stereocenters. The van der Waals surface area contributed by atoms with E-state index in [1.54, 1.807) is 6.07 Å². The van der Waals surface area contributed by atoms with Crippen LogP contribution in [0.1, 0.15) is 35.2 Å². The number of ether oxygens (including phenoxy) is 1. The fraction of sp³-hybridized carbons (Fsp3) is 0.241. The van der Waals surface area contributed by atoms with Gasteiger partial charge in [0.05, 0.1) is 11.6 Å². The fourth-order valence-corrected chi connectivity index (χ4v) is 4.87. The summed E-state index contributed by atoms with van der Waals surface area (Å²) < 4.78 is 5.78. The van der Waals surface area contributed by atoms with E-state index in [0.717, 1.165) is 34.5 Å². The molecule has 0 aromatic heterocycles. The molecule has 3 aromatic rings. The summed E-state index contributed by atoms with van der Waals surface area (Å²) in [6, 6.07) is 19.8. The van der Waals surface area contributed by atoms with Crippen molar-refractivity contribution in [3.8, 4) is 5.75 Å². The van der Waals surface area contributed by atoms with Crippen LogP contribution in [-0.4, -0.2) is 37.0 Å². The summed E-state index contributed by atoms with van der Waals surface area (Å²) in [6.45, 7) is 3.93. The normalized spacial score (nSPS) is 20.6. The first kappa shape index (κ1) is 22.7. The number of nitrogens with zero attached hydrogens (tertiary/aromatic N) is 2. The fourth-order valence-electron chi connectivity index (χ4n) is 4.87.